The number of fused-ring (bicyclic) bond motifs is 1. The second kappa shape index (κ2) is 8.82. The fourth-order valence-corrected chi connectivity index (χ4v) is 3.42. The highest BCUT2D eigenvalue weighted by Crippen LogP contribution is 2.33. The first-order valence-corrected chi connectivity index (χ1v) is 9.91. The number of aromatic nitrogens is 1. The Kier molecular flexibility index (Phi) is 6.22. The third-order valence-electron chi connectivity index (χ3n) is 5.10. The van der Waals surface area contributed by atoms with Crippen molar-refractivity contribution < 1.29 is 9.36 Å². The van der Waals surface area contributed by atoms with Gasteiger partial charge in [-0.1, -0.05) is 12.1 Å². The lowest BCUT2D eigenvalue weighted by molar-refractivity contribution is -0.651. The van der Waals surface area contributed by atoms with Gasteiger partial charge in [-0.15, -0.1) is 10.2 Å². The number of hydrogen-bond acceptors (Lipinski definition) is 4. The standard InChI is InChI=1S/C23H27N5O/c1-6-28(7-2)18-12-13-20(22(15-18)24-17(4)29)25-26-21-14-16(3)27(5)23-11-9-8-10-19(21)23/h8-15H,6-7H2,1-5H3/p+1. The van der Waals surface area contributed by atoms with Crippen LogP contribution in [0.25, 0.3) is 10.9 Å². The number of rotatable bonds is 6. The summed E-state index contributed by atoms with van der Waals surface area (Å²) in [7, 11) is 2.04. The van der Waals surface area contributed by atoms with Gasteiger partial charge in [0.15, 0.2) is 5.69 Å². The fraction of sp³-hybridized carbons (Fsp3) is 0.304. The SMILES string of the molecule is CCN(CC)c1ccc(N=Nc2cc(C)[n+](C)c3ccccc23)c(NC(C)=O)c1. The van der Waals surface area contributed by atoms with Gasteiger partial charge in [0.25, 0.3) is 0 Å². The van der Waals surface area contributed by atoms with E-state index in [2.05, 4.69) is 44.9 Å². The third kappa shape index (κ3) is 4.42. The van der Waals surface area contributed by atoms with Gasteiger partial charge in [0.1, 0.15) is 18.4 Å². The summed E-state index contributed by atoms with van der Waals surface area (Å²) in [5.74, 6) is -0.133. The second-order valence-corrected chi connectivity index (χ2v) is 7.00. The second-order valence-electron chi connectivity index (χ2n) is 7.00. The van der Waals surface area contributed by atoms with Gasteiger partial charge >= 0.3 is 0 Å². The van der Waals surface area contributed by atoms with Crippen molar-refractivity contribution in [2.45, 2.75) is 27.7 Å². The Morgan fingerprint density at radius 2 is 1.72 bits per heavy atom. The van der Waals surface area contributed by atoms with Crippen molar-refractivity contribution in [3.8, 4) is 0 Å². The molecular weight excluding hydrogens is 362 g/mol. The molecule has 0 radical (unpaired) electrons. The average molecular weight is 391 g/mol. The fourth-order valence-electron chi connectivity index (χ4n) is 3.42. The molecule has 0 atom stereocenters. The zero-order valence-corrected chi connectivity index (χ0v) is 17.7. The van der Waals surface area contributed by atoms with Gasteiger partial charge in [-0.05, 0) is 38.1 Å². The van der Waals surface area contributed by atoms with E-state index in [4.69, 9.17) is 0 Å². The van der Waals surface area contributed by atoms with Crippen LogP contribution in [0.15, 0.2) is 58.8 Å². The first kappa shape index (κ1) is 20.5. The van der Waals surface area contributed by atoms with Gasteiger partial charge in [-0.25, -0.2) is 0 Å². The van der Waals surface area contributed by atoms with Crippen LogP contribution in [0, 0.1) is 6.92 Å². The Labute approximate surface area is 171 Å². The molecule has 0 unspecified atom stereocenters. The largest absolute Gasteiger partial charge is 0.372 e. The van der Waals surface area contributed by atoms with Crippen molar-refractivity contribution in [2.24, 2.45) is 17.3 Å². The van der Waals surface area contributed by atoms with Crippen molar-refractivity contribution in [3.63, 3.8) is 0 Å². The summed E-state index contributed by atoms with van der Waals surface area (Å²) in [4.78, 5) is 13.9. The van der Waals surface area contributed by atoms with Crippen molar-refractivity contribution in [1.82, 2.24) is 0 Å². The van der Waals surface area contributed by atoms with E-state index in [1.165, 1.54) is 6.92 Å². The molecule has 150 valence electrons. The van der Waals surface area contributed by atoms with E-state index in [9.17, 15) is 4.79 Å². The highest BCUT2D eigenvalue weighted by Gasteiger charge is 2.13. The smallest absolute Gasteiger partial charge is 0.221 e. The van der Waals surface area contributed by atoms with E-state index in [-0.39, 0.29) is 5.91 Å². The number of pyridine rings is 1. The maximum Gasteiger partial charge on any atom is 0.221 e. The maximum absolute atomic E-state index is 11.7. The number of para-hydroxylation sites is 1. The number of carbonyl (C=O) groups is 1. The summed E-state index contributed by atoms with van der Waals surface area (Å²) in [5.41, 5.74) is 5.33. The summed E-state index contributed by atoms with van der Waals surface area (Å²) in [6.07, 6.45) is 0. The molecule has 6 heteroatoms. The van der Waals surface area contributed by atoms with Crippen LogP contribution in [-0.4, -0.2) is 19.0 Å². The van der Waals surface area contributed by atoms with E-state index in [0.717, 1.165) is 41.1 Å². The number of azo groups is 1. The van der Waals surface area contributed by atoms with Gasteiger partial charge in [0, 0.05) is 44.8 Å². The van der Waals surface area contributed by atoms with Crippen molar-refractivity contribution in [3.05, 3.63) is 54.2 Å². The molecule has 2 aromatic carbocycles. The van der Waals surface area contributed by atoms with E-state index in [0.29, 0.717) is 11.4 Å². The molecule has 0 aliphatic rings. The minimum absolute atomic E-state index is 0.133. The number of aryl methyl sites for hydroxylation is 2. The molecule has 1 amide bonds. The lowest BCUT2D eigenvalue weighted by Crippen LogP contribution is -2.32. The van der Waals surface area contributed by atoms with Crippen molar-refractivity contribution in [1.29, 1.82) is 0 Å². The number of carbonyl (C=O) groups excluding carboxylic acids is 1. The van der Waals surface area contributed by atoms with Gasteiger partial charge in [0.2, 0.25) is 11.4 Å². The lowest BCUT2D eigenvalue weighted by Gasteiger charge is -2.22. The molecular formula is C23H28N5O+. The average Bonchev–Trinajstić information content (AvgIpc) is 2.71. The Bertz CT molecular complexity index is 1070. The lowest BCUT2D eigenvalue weighted by atomic mass is 10.1. The van der Waals surface area contributed by atoms with Crippen LogP contribution in [0.5, 0.6) is 0 Å². The molecule has 3 rings (SSSR count). The molecule has 0 spiro atoms. The summed E-state index contributed by atoms with van der Waals surface area (Å²) in [5, 5.41) is 12.9. The number of amides is 1. The molecule has 0 saturated carbocycles. The molecule has 1 aromatic heterocycles. The third-order valence-corrected chi connectivity index (χ3v) is 5.10. The van der Waals surface area contributed by atoms with Gasteiger partial charge < -0.3 is 10.2 Å². The summed E-state index contributed by atoms with van der Waals surface area (Å²) in [6, 6.07) is 16.0. The van der Waals surface area contributed by atoms with E-state index in [1.807, 2.05) is 56.4 Å². The first-order chi connectivity index (χ1) is 13.9. The maximum atomic E-state index is 11.7. The van der Waals surface area contributed by atoms with Crippen LogP contribution in [-0.2, 0) is 11.8 Å². The molecule has 0 fully saturated rings. The minimum Gasteiger partial charge on any atom is -0.372 e. The molecule has 3 aromatic rings. The Morgan fingerprint density at radius 1 is 1.03 bits per heavy atom. The highest BCUT2D eigenvalue weighted by atomic mass is 16.1. The van der Waals surface area contributed by atoms with Crippen molar-refractivity contribution in [2.75, 3.05) is 23.3 Å². The predicted octanol–water partition coefficient (Wildman–Crippen LogP) is 5.19. The summed E-state index contributed by atoms with van der Waals surface area (Å²) in [6.45, 7) is 9.55. The Morgan fingerprint density at radius 3 is 2.41 bits per heavy atom. The summed E-state index contributed by atoms with van der Waals surface area (Å²) < 4.78 is 2.13. The number of benzene rings is 2. The molecule has 1 heterocycles. The van der Waals surface area contributed by atoms with Crippen molar-refractivity contribution >= 4 is 39.6 Å². The molecule has 1 N–H and O–H groups in total. The Balaban J connectivity index is 2.05. The normalized spacial score (nSPS) is 11.2. The minimum atomic E-state index is -0.133. The van der Waals surface area contributed by atoms with Crippen LogP contribution in [0.2, 0.25) is 0 Å². The Hall–Kier alpha value is -3.28. The van der Waals surface area contributed by atoms with E-state index in [1.54, 1.807) is 0 Å². The van der Waals surface area contributed by atoms with Crippen LogP contribution in [0.4, 0.5) is 22.7 Å². The molecule has 29 heavy (non-hydrogen) atoms. The van der Waals surface area contributed by atoms with E-state index < -0.39 is 0 Å². The van der Waals surface area contributed by atoms with Crippen LogP contribution < -0.4 is 14.8 Å². The van der Waals surface area contributed by atoms with Gasteiger partial charge in [-0.2, -0.15) is 4.57 Å². The number of anilines is 2. The topological polar surface area (TPSA) is 60.9 Å². The van der Waals surface area contributed by atoms with Gasteiger partial charge in [0.05, 0.1) is 11.1 Å². The zero-order chi connectivity index (χ0) is 21.0. The molecule has 0 aliphatic heterocycles. The van der Waals surface area contributed by atoms with E-state index >= 15 is 0 Å². The molecule has 0 aliphatic carbocycles. The van der Waals surface area contributed by atoms with Crippen LogP contribution in [0.1, 0.15) is 26.5 Å². The first-order valence-electron chi connectivity index (χ1n) is 9.91. The monoisotopic (exact) mass is 390 g/mol. The van der Waals surface area contributed by atoms with Gasteiger partial charge in [-0.3, -0.25) is 4.79 Å². The highest BCUT2D eigenvalue weighted by molar-refractivity contribution is 5.93. The number of nitrogens with zero attached hydrogens (tertiary/aromatic N) is 4. The molecule has 0 bridgehead atoms. The quantitative estimate of drug-likeness (QED) is 0.465. The zero-order valence-electron chi connectivity index (χ0n) is 17.7. The molecule has 0 saturated heterocycles. The number of nitrogens with one attached hydrogen (secondary N) is 1. The predicted molar refractivity (Wildman–Crippen MR) is 118 cm³/mol. The number of hydrogen-bond donors (Lipinski definition) is 1. The molecule has 6 nitrogen and oxygen atoms in total. The summed E-state index contributed by atoms with van der Waals surface area (Å²) >= 11 is 0. The van der Waals surface area contributed by atoms with Crippen LogP contribution >= 0.6 is 0 Å². The van der Waals surface area contributed by atoms with Crippen LogP contribution in [0.3, 0.4) is 0 Å².